The highest BCUT2D eigenvalue weighted by Crippen LogP contribution is 2.08. The summed E-state index contributed by atoms with van der Waals surface area (Å²) < 4.78 is 0. The summed E-state index contributed by atoms with van der Waals surface area (Å²) >= 11 is 0. The summed E-state index contributed by atoms with van der Waals surface area (Å²) in [5.41, 5.74) is -0.455. The molecular formula is C9H8N4O2. The summed E-state index contributed by atoms with van der Waals surface area (Å²) in [6.07, 6.45) is 0. The minimum atomic E-state index is -0.626. The quantitative estimate of drug-likeness (QED) is 0.651. The first kappa shape index (κ1) is 9.20. The Labute approximate surface area is 84.0 Å². The zero-order valence-electron chi connectivity index (χ0n) is 7.65. The van der Waals surface area contributed by atoms with Crippen molar-refractivity contribution in [1.82, 2.24) is 15.2 Å². The molecule has 0 amide bonds. The monoisotopic (exact) mass is 204 g/mol. The van der Waals surface area contributed by atoms with Crippen LogP contribution < -0.4 is 16.6 Å². The van der Waals surface area contributed by atoms with E-state index in [0.717, 1.165) is 5.69 Å². The Bertz CT molecular complexity index is 558. The van der Waals surface area contributed by atoms with Crippen molar-refractivity contribution >= 4 is 11.5 Å². The van der Waals surface area contributed by atoms with E-state index in [-0.39, 0.29) is 5.82 Å². The van der Waals surface area contributed by atoms with Crippen LogP contribution in [-0.2, 0) is 0 Å². The van der Waals surface area contributed by atoms with Gasteiger partial charge in [0.05, 0.1) is 0 Å². The predicted molar refractivity (Wildman–Crippen MR) is 55.2 cm³/mol. The molecule has 1 aromatic heterocycles. The smallest absolute Gasteiger partial charge is 0.334 e. The topological polar surface area (TPSA) is 90.6 Å². The van der Waals surface area contributed by atoms with Crippen LogP contribution in [0.5, 0.6) is 0 Å². The van der Waals surface area contributed by atoms with Crippen LogP contribution in [-0.4, -0.2) is 15.2 Å². The number of hydrogen-bond donors (Lipinski definition) is 3. The van der Waals surface area contributed by atoms with Crippen molar-refractivity contribution in [2.24, 2.45) is 0 Å². The van der Waals surface area contributed by atoms with Crippen molar-refractivity contribution < 1.29 is 0 Å². The number of rotatable bonds is 2. The van der Waals surface area contributed by atoms with Gasteiger partial charge in [-0.1, -0.05) is 18.2 Å². The van der Waals surface area contributed by atoms with Crippen LogP contribution in [0.4, 0.5) is 11.5 Å². The van der Waals surface area contributed by atoms with Crippen LogP contribution in [0.15, 0.2) is 39.9 Å². The van der Waals surface area contributed by atoms with Gasteiger partial charge in [0.15, 0.2) is 0 Å². The molecule has 76 valence electrons. The highest BCUT2D eigenvalue weighted by molar-refractivity contribution is 5.54. The van der Waals surface area contributed by atoms with Gasteiger partial charge in [-0.15, -0.1) is 5.10 Å². The third kappa shape index (κ3) is 2.11. The third-order valence-corrected chi connectivity index (χ3v) is 1.75. The fraction of sp³-hybridized carbons (Fsp3) is 0. The highest BCUT2D eigenvalue weighted by Gasteiger charge is 2.01. The second-order valence-electron chi connectivity index (χ2n) is 2.85. The summed E-state index contributed by atoms with van der Waals surface area (Å²) in [4.78, 5) is 24.0. The maximum atomic E-state index is 11.2. The Morgan fingerprint density at radius 2 is 1.87 bits per heavy atom. The molecule has 0 saturated carbocycles. The van der Waals surface area contributed by atoms with Crippen molar-refractivity contribution in [3.63, 3.8) is 0 Å². The third-order valence-electron chi connectivity index (χ3n) is 1.75. The first-order valence-electron chi connectivity index (χ1n) is 4.27. The number of H-pyrrole nitrogens is 2. The number of aromatic amines is 2. The Hall–Kier alpha value is -2.37. The molecular weight excluding hydrogens is 196 g/mol. The SMILES string of the molecule is O=c1[nH]nc(Nc2ccccc2)c(=O)[nH]1. The Balaban J connectivity index is 2.33. The molecule has 6 heteroatoms. The summed E-state index contributed by atoms with van der Waals surface area (Å²) in [6.45, 7) is 0. The fourth-order valence-corrected chi connectivity index (χ4v) is 1.09. The second kappa shape index (κ2) is 3.79. The summed E-state index contributed by atoms with van der Waals surface area (Å²) in [5.74, 6) is 0.0563. The standard InChI is InChI=1S/C9H8N4O2/c14-8-7(12-13-9(15)11-8)10-6-4-2-1-3-5-6/h1-5H,(H,10,12)(H2,11,13,14,15). The number of anilines is 2. The van der Waals surface area contributed by atoms with E-state index in [9.17, 15) is 9.59 Å². The van der Waals surface area contributed by atoms with Crippen molar-refractivity contribution in [3.8, 4) is 0 Å². The maximum Gasteiger partial charge on any atom is 0.342 e. The lowest BCUT2D eigenvalue weighted by Gasteiger charge is -2.01. The summed E-state index contributed by atoms with van der Waals surface area (Å²) in [7, 11) is 0. The van der Waals surface area contributed by atoms with E-state index in [4.69, 9.17) is 0 Å². The normalized spacial score (nSPS) is 9.87. The molecule has 0 bridgehead atoms. The van der Waals surface area contributed by atoms with E-state index in [2.05, 4.69) is 20.5 Å². The van der Waals surface area contributed by atoms with Gasteiger partial charge >= 0.3 is 5.69 Å². The van der Waals surface area contributed by atoms with Crippen molar-refractivity contribution in [3.05, 3.63) is 51.2 Å². The van der Waals surface area contributed by atoms with Crippen molar-refractivity contribution in [2.45, 2.75) is 0 Å². The van der Waals surface area contributed by atoms with Crippen LogP contribution in [0.3, 0.4) is 0 Å². The molecule has 0 aliphatic carbocycles. The molecule has 0 atom stereocenters. The lowest BCUT2D eigenvalue weighted by Crippen LogP contribution is -2.25. The molecule has 0 aliphatic rings. The lowest BCUT2D eigenvalue weighted by atomic mass is 10.3. The lowest BCUT2D eigenvalue weighted by molar-refractivity contribution is 0.897. The van der Waals surface area contributed by atoms with Gasteiger partial charge < -0.3 is 5.32 Å². The number of nitrogens with zero attached hydrogens (tertiary/aromatic N) is 1. The molecule has 0 radical (unpaired) electrons. The molecule has 2 rings (SSSR count). The van der Waals surface area contributed by atoms with Gasteiger partial charge in [0.2, 0.25) is 5.82 Å². The maximum absolute atomic E-state index is 11.2. The first-order chi connectivity index (χ1) is 7.25. The van der Waals surface area contributed by atoms with Crippen molar-refractivity contribution in [2.75, 3.05) is 5.32 Å². The molecule has 1 aromatic carbocycles. The van der Waals surface area contributed by atoms with Gasteiger partial charge in [0, 0.05) is 5.69 Å². The average molecular weight is 204 g/mol. The summed E-state index contributed by atoms with van der Waals surface area (Å²) in [5, 5.41) is 8.49. The Morgan fingerprint density at radius 1 is 1.13 bits per heavy atom. The van der Waals surface area contributed by atoms with Crippen LogP contribution in [0.2, 0.25) is 0 Å². The molecule has 0 unspecified atom stereocenters. The molecule has 1 heterocycles. The number of para-hydroxylation sites is 1. The summed E-state index contributed by atoms with van der Waals surface area (Å²) in [6, 6.07) is 9.07. The first-order valence-corrected chi connectivity index (χ1v) is 4.27. The Morgan fingerprint density at radius 3 is 2.53 bits per heavy atom. The van der Waals surface area contributed by atoms with E-state index in [1.165, 1.54) is 0 Å². The zero-order valence-corrected chi connectivity index (χ0v) is 7.65. The minimum absolute atomic E-state index is 0.0563. The number of aromatic nitrogens is 3. The van der Waals surface area contributed by atoms with E-state index in [1.54, 1.807) is 12.1 Å². The number of hydrogen-bond acceptors (Lipinski definition) is 4. The van der Waals surface area contributed by atoms with Gasteiger partial charge in [0.25, 0.3) is 5.56 Å². The molecule has 0 saturated heterocycles. The molecule has 6 nitrogen and oxygen atoms in total. The highest BCUT2D eigenvalue weighted by atomic mass is 16.2. The van der Waals surface area contributed by atoms with Crippen LogP contribution in [0.25, 0.3) is 0 Å². The predicted octanol–water partition coefficient (Wildman–Crippen LogP) is 0.202. The van der Waals surface area contributed by atoms with Crippen LogP contribution >= 0.6 is 0 Å². The zero-order chi connectivity index (χ0) is 10.7. The molecule has 3 N–H and O–H groups in total. The van der Waals surface area contributed by atoms with Gasteiger partial charge in [-0.2, -0.15) is 0 Å². The Kier molecular flexibility index (Phi) is 2.32. The minimum Gasteiger partial charge on any atom is -0.334 e. The molecule has 0 fully saturated rings. The van der Waals surface area contributed by atoms with Gasteiger partial charge in [-0.3, -0.25) is 9.78 Å². The van der Waals surface area contributed by atoms with E-state index in [1.807, 2.05) is 18.2 Å². The van der Waals surface area contributed by atoms with E-state index < -0.39 is 11.2 Å². The molecule has 0 spiro atoms. The number of benzene rings is 1. The fourth-order valence-electron chi connectivity index (χ4n) is 1.09. The van der Waals surface area contributed by atoms with Gasteiger partial charge in [-0.05, 0) is 12.1 Å². The average Bonchev–Trinajstić information content (AvgIpc) is 2.24. The molecule has 0 aliphatic heterocycles. The van der Waals surface area contributed by atoms with E-state index >= 15 is 0 Å². The molecule has 15 heavy (non-hydrogen) atoms. The van der Waals surface area contributed by atoms with Crippen LogP contribution in [0.1, 0.15) is 0 Å². The van der Waals surface area contributed by atoms with E-state index in [0.29, 0.717) is 0 Å². The van der Waals surface area contributed by atoms with Crippen LogP contribution in [0, 0.1) is 0 Å². The molecule has 2 aromatic rings. The number of nitrogens with one attached hydrogen (secondary N) is 3. The van der Waals surface area contributed by atoms with Gasteiger partial charge in [0.1, 0.15) is 0 Å². The van der Waals surface area contributed by atoms with Gasteiger partial charge in [-0.25, -0.2) is 9.89 Å². The largest absolute Gasteiger partial charge is 0.342 e. The van der Waals surface area contributed by atoms with Crippen molar-refractivity contribution in [1.29, 1.82) is 0 Å². The second-order valence-corrected chi connectivity index (χ2v) is 2.85.